The van der Waals surface area contributed by atoms with Crippen molar-refractivity contribution in [1.29, 1.82) is 0 Å². The Labute approximate surface area is 145 Å². The van der Waals surface area contributed by atoms with E-state index in [0.29, 0.717) is 18.4 Å². The molecule has 3 rings (SSSR count). The number of likely N-dealkylation sites (tertiary alicyclic amines) is 1. The molecule has 1 saturated heterocycles. The average Bonchev–Trinajstić information content (AvgIpc) is 2.90. The zero-order valence-electron chi connectivity index (χ0n) is 13.9. The highest BCUT2D eigenvalue weighted by Crippen LogP contribution is 2.36. The number of amides is 2. The zero-order valence-corrected chi connectivity index (χ0v) is 13.9. The third-order valence-corrected chi connectivity index (χ3v) is 4.71. The lowest BCUT2D eigenvalue weighted by Crippen LogP contribution is -2.44. The normalized spacial score (nSPS) is 23.3. The highest BCUT2D eigenvalue weighted by atomic mass is 16.5. The van der Waals surface area contributed by atoms with Gasteiger partial charge in [-0.25, -0.2) is 4.79 Å². The van der Waals surface area contributed by atoms with Crippen molar-refractivity contribution >= 4 is 23.6 Å². The second-order valence-electron chi connectivity index (χ2n) is 6.28. The Balaban J connectivity index is 1.62. The lowest BCUT2D eigenvalue weighted by Gasteiger charge is -2.21. The van der Waals surface area contributed by atoms with Crippen LogP contribution in [0.15, 0.2) is 42.5 Å². The van der Waals surface area contributed by atoms with Gasteiger partial charge in [-0.2, -0.15) is 0 Å². The van der Waals surface area contributed by atoms with E-state index in [-0.39, 0.29) is 17.6 Å². The third kappa shape index (κ3) is 3.24. The van der Waals surface area contributed by atoms with Crippen LogP contribution < -0.4 is 0 Å². The summed E-state index contributed by atoms with van der Waals surface area (Å²) in [7, 11) is 0. The highest BCUT2D eigenvalue weighted by molar-refractivity contribution is 6.08. The number of esters is 1. The van der Waals surface area contributed by atoms with E-state index in [1.807, 2.05) is 12.2 Å². The van der Waals surface area contributed by atoms with Crippen molar-refractivity contribution in [3.05, 3.63) is 48.0 Å². The van der Waals surface area contributed by atoms with Crippen molar-refractivity contribution in [2.24, 2.45) is 11.8 Å². The van der Waals surface area contributed by atoms with E-state index in [0.717, 1.165) is 4.90 Å². The monoisotopic (exact) mass is 341 g/mol. The molecule has 2 amide bonds. The molecule has 0 aromatic heterocycles. The fourth-order valence-electron chi connectivity index (χ4n) is 3.28. The fraction of sp³-hybridized carbons (Fsp3) is 0.368. The minimum absolute atomic E-state index is 0.335. The van der Waals surface area contributed by atoms with E-state index < -0.39 is 30.5 Å². The molecule has 6 heteroatoms. The number of hydrogen-bond acceptors (Lipinski definition) is 5. The number of nitrogens with zero attached hydrogens (tertiary/aromatic N) is 1. The minimum Gasteiger partial charge on any atom is -0.456 e. The Hall–Kier alpha value is -2.76. The molecule has 0 bridgehead atoms. The van der Waals surface area contributed by atoms with E-state index in [1.165, 1.54) is 6.92 Å². The number of benzene rings is 1. The van der Waals surface area contributed by atoms with Crippen molar-refractivity contribution in [2.75, 3.05) is 6.61 Å². The maximum atomic E-state index is 12.5. The molecule has 0 N–H and O–H groups in total. The van der Waals surface area contributed by atoms with Gasteiger partial charge in [-0.05, 0) is 19.8 Å². The number of ketones is 1. The summed E-state index contributed by atoms with van der Waals surface area (Å²) >= 11 is 0. The molecule has 1 aromatic carbocycles. The summed E-state index contributed by atoms with van der Waals surface area (Å²) in [6, 6.07) is 7.44. The lowest BCUT2D eigenvalue weighted by molar-refractivity contribution is -0.157. The standard InChI is InChI=1S/C19H19NO5/c1-12(19(24)25-11-16(21)13-7-3-2-4-8-13)20-17(22)14-9-5-6-10-15(14)18(20)23/h2-8,12,14-15H,9-11H2,1H3/t12-,14+,15+/m0/s1. The maximum absolute atomic E-state index is 12.5. The summed E-state index contributed by atoms with van der Waals surface area (Å²) in [5.74, 6) is -2.54. The van der Waals surface area contributed by atoms with Crippen LogP contribution in [0.5, 0.6) is 0 Å². The number of fused-ring (bicyclic) bond motifs is 1. The first-order chi connectivity index (χ1) is 12.0. The summed E-state index contributed by atoms with van der Waals surface area (Å²) in [6.45, 7) is 1.04. The third-order valence-electron chi connectivity index (χ3n) is 4.71. The van der Waals surface area contributed by atoms with Gasteiger partial charge in [-0.1, -0.05) is 42.5 Å². The molecule has 3 atom stereocenters. The Morgan fingerprint density at radius 1 is 1.08 bits per heavy atom. The zero-order chi connectivity index (χ0) is 18.0. The predicted octanol–water partition coefficient (Wildman–Crippen LogP) is 1.75. The van der Waals surface area contributed by atoms with Crippen LogP contribution in [0.3, 0.4) is 0 Å². The first-order valence-electron chi connectivity index (χ1n) is 8.27. The summed E-state index contributed by atoms with van der Waals surface area (Å²) in [4.78, 5) is 50.1. The van der Waals surface area contributed by atoms with Gasteiger partial charge in [-0.3, -0.25) is 19.3 Å². The van der Waals surface area contributed by atoms with Crippen LogP contribution in [0.1, 0.15) is 30.1 Å². The van der Waals surface area contributed by atoms with Gasteiger partial charge < -0.3 is 4.74 Å². The maximum Gasteiger partial charge on any atom is 0.329 e. The van der Waals surface area contributed by atoms with E-state index in [4.69, 9.17) is 4.74 Å². The molecule has 0 spiro atoms. The smallest absolute Gasteiger partial charge is 0.329 e. The van der Waals surface area contributed by atoms with E-state index in [1.54, 1.807) is 30.3 Å². The van der Waals surface area contributed by atoms with Crippen molar-refractivity contribution in [1.82, 2.24) is 4.90 Å². The quantitative estimate of drug-likeness (QED) is 0.353. The van der Waals surface area contributed by atoms with Crippen LogP contribution in [0.25, 0.3) is 0 Å². The molecule has 130 valence electrons. The van der Waals surface area contributed by atoms with Gasteiger partial charge in [0.2, 0.25) is 11.8 Å². The molecule has 0 saturated carbocycles. The fourth-order valence-corrected chi connectivity index (χ4v) is 3.28. The molecule has 1 heterocycles. The first kappa shape index (κ1) is 17.1. The Kier molecular flexibility index (Phi) is 4.79. The predicted molar refractivity (Wildman–Crippen MR) is 88.4 cm³/mol. The summed E-state index contributed by atoms with van der Waals surface area (Å²) in [6.07, 6.45) is 4.80. The Bertz CT molecular complexity index is 713. The van der Waals surface area contributed by atoms with E-state index in [9.17, 15) is 19.2 Å². The van der Waals surface area contributed by atoms with E-state index in [2.05, 4.69) is 0 Å². The van der Waals surface area contributed by atoms with Crippen LogP contribution in [0.4, 0.5) is 0 Å². The summed E-state index contributed by atoms with van der Waals surface area (Å²) < 4.78 is 5.03. The highest BCUT2D eigenvalue weighted by Gasteiger charge is 2.50. The van der Waals surface area contributed by atoms with Crippen LogP contribution in [0.2, 0.25) is 0 Å². The van der Waals surface area contributed by atoms with Crippen molar-refractivity contribution in [3.8, 4) is 0 Å². The minimum atomic E-state index is -1.03. The molecule has 1 aromatic rings. The molecule has 6 nitrogen and oxygen atoms in total. The van der Waals surface area contributed by atoms with Gasteiger partial charge in [0.25, 0.3) is 0 Å². The second kappa shape index (κ2) is 7.01. The van der Waals surface area contributed by atoms with Gasteiger partial charge in [0.15, 0.2) is 12.4 Å². The number of imide groups is 1. The molecular formula is C19H19NO5. The Morgan fingerprint density at radius 3 is 2.20 bits per heavy atom. The molecule has 1 aliphatic carbocycles. The van der Waals surface area contributed by atoms with Gasteiger partial charge in [0.05, 0.1) is 11.8 Å². The second-order valence-corrected chi connectivity index (χ2v) is 6.28. The SMILES string of the molecule is C[C@@H](C(=O)OCC(=O)c1ccccc1)N1C(=O)[C@@H]2CC=CC[C@H]2C1=O. The number of hydrogen-bond donors (Lipinski definition) is 0. The van der Waals surface area contributed by atoms with Crippen LogP contribution in [-0.4, -0.2) is 41.1 Å². The molecule has 25 heavy (non-hydrogen) atoms. The average molecular weight is 341 g/mol. The van der Waals surface area contributed by atoms with Crippen LogP contribution >= 0.6 is 0 Å². The topological polar surface area (TPSA) is 80.8 Å². The van der Waals surface area contributed by atoms with Gasteiger partial charge in [0, 0.05) is 5.56 Å². The molecule has 2 aliphatic rings. The van der Waals surface area contributed by atoms with Crippen molar-refractivity contribution in [3.63, 3.8) is 0 Å². The lowest BCUT2D eigenvalue weighted by atomic mass is 9.85. The van der Waals surface area contributed by atoms with E-state index >= 15 is 0 Å². The van der Waals surface area contributed by atoms with Gasteiger partial charge >= 0.3 is 5.97 Å². The number of carbonyl (C=O) groups is 4. The molecule has 1 aliphatic heterocycles. The molecule has 1 fully saturated rings. The number of carbonyl (C=O) groups excluding carboxylic acids is 4. The van der Waals surface area contributed by atoms with Crippen LogP contribution in [-0.2, 0) is 19.1 Å². The first-order valence-corrected chi connectivity index (χ1v) is 8.27. The van der Waals surface area contributed by atoms with Crippen molar-refractivity contribution in [2.45, 2.75) is 25.8 Å². The Morgan fingerprint density at radius 2 is 1.64 bits per heavy atom. The number of allylic oxidation sites excluding steroid dienone is 2. The van der Waals surface area contributed by atoms with Gasteiger partial charge in [0.1, 0.15) is 6.04 Å². The summed E-state index contributed by atoms with van der Waals surface area (Å²) in [5.41, 5.74) is 0.438. The number of ether oxygens (including phenoxy) is 1. The number of rotatable bonds is 5. The summed E-state index contributed by atoms with van der Waals surface area (Å²) in [5, 5.41) is 0. The largest absolute Gasteiger partial charge is 0.456 e. The van der Waals surface area contributed by atoms with Crippen molar-refractivity contribution < 1.29 is 23.9 Å². The van der Waals surface area contributed by atoms with Crippen LogP contribution in [0, 0.1) is 11.8 Å². The molecule has 0 radical (unpaired) electrons. The molecular weight excluding hydrogens is 322 g/mol. The number of Topliss-reactive ketones (excluding diaryl/α,β-unsaturated/α-hetero) is 1. The van der Waals surface area contributed by atoms with Gasteiger partial charge in [-0.15, -0.1) is 0 Å². The molecule has 0 unspecified atom stereocenters.